The predicted molar refractivity (Wildman–Crippen MR) is 79.6 cm³/mol. The fraction of sp³-hybridized carbons (Fsp3) is 0.438. The Morgan fingerprint density at radius 1 is 1.29 bits per heavy atom. The first-order valence-corrected chi connectivity index (χ1v) is 7.49. The zero-order valence-corrected chi connectivity index (χ0v) is 12.1. The van der Waals surface area contributed by atoms with E-state index in [1.807, 2.05) is 34.0 Å². The number of pyridine rings is 1. The topological polar surface area (TPSA) is 51.0 Å². The van der Waals surface area contributed by atoms with Gasteiger partial charge in [-0.1, -0.05) is 0 Å². The highest BCUT2D eigenvalue weighted by molar-refractivity contribution is 5.76. The third-order valence-corrected chi connectivity index (χ3v) is 4.03. The van der Waals surface area contributed by atoms with Crippen molar-refractivity contribution in [2.45, 2.75) is 31.7 Å². The summed E-state index contributed by atoms with van der Waals surface area (Å²) in [5, 5.41) is 4.30. The minimum absolute atomic E-state index is 0.240. The van der Waals surface area contributed by atoms with Gasteiger partial charge in [0.1, 0.15) is 0 Å². The molecule has 5 nitrogen and oxygen atoms in total. The molecule has 21 heavy (non-hydrogen) atoms. The van der Waals surface area contributed by atoms with E-state index in [-0.39, 0.29) is 5.91 Å². The quantitative estimate of drug-likeness (QED) is 0.863. The Morgan fingerprint density at radius 3 is 2.90 bits per heavy atom. The number of nitrogens with zero attached hydrogens (tertiary/aromatic N) is 4. The molecule has 1 aliphatic heterocycles. The highest BCUT2D eigenvalue weighted by Crippen LogP contribution is 2.21. The van der Waals surface area contributed by atoms with Gasteiger partial charge in [0.15, 0.2) is 0 Å². The molecule has 0 saturated carbocycles. The molecular weight excluding hydrogens is 264 g/mol. The van der Waals surface area contributed by atoms with Crippen LogP contribution in [0.5, 0.6) is 0 Å². The van der Waals surface area contributed by atoms with Gasteiger partial charge in [-0.15, -0.1) is 0 Å². The molecule has 0 aromatic carbocycles. The zero-order valence-electron chi connectivity index (χ0n) is 12.1. The van der Waals surface area contributed by atoms with Crippen LogP contribution >= 0.6 is 0 Å². The van der Waals surface area contributed by atoms with Crippen molar-refractivity contribution >= 4 is 5.91 Å². The highest BCUT2D eigenvalue weighted by Gasteiger charge is 2.24. The number of hydrogen-bond acceptors (Lipinski definition) is 3. The lowest BCUT2D eigenvalue weighted by molar-refractivity contribution is -0.132. The van der Waals surface area contributed by atoms with E-state index in [2.05, 4.69) is 10.1 Å². The van der Waals surface area contributed by atoms with Gasteiger partial charge in [-0.25, -0.2) is 0 Å². The van der Waals surface area contributed by atoms with Crippen LogP contribution in [-0.2, 0) is 11.2 Å². The normalized spacial score (nSPS) is 18.7. The number of aromatic nitrogens is 3. The lowest BCUT2D eigenvalue weighted by Gasteiger charge is -2.33. The molecular formula is C16H20N4O. The Morgan fingerprint density at radius 2 is 2.14 bits per heavy atom. The molecule has 110 valence electrons. The van der Waals surface area contributed by atoms with Crippen molar-refractivity contribution in [1.82, 2.24) is 19.7 Å². The van der Waals surface area contributed by atoms with Crippen LogP contribution in [0.2, 0.25) is 0 Å². The Balaban J connectivity index is 1.55. The molecule has 0 N–H and O–H groups in total. The molecule has 1 saturated heterocycles. The summed E-state index contributed by atoms with van der Waals surface area (Å²) >= 11 is 0. The van der Waals surface area contributed by atoms with E-state index < -0.39 is 0 Å². The van der Waals surface area contributed by atoms with Gasteiger partial charge in [0.2, 0.25) is 5.91 Å². The van der Waals surface area contributed by atoms with E-state index in [4.69, 9.17) is 0 Å². The summed E-state index contributed by atoms with van der Waals surface area (Å²) in [7, 11) is 0. The SMILES string of the molecule is O=C(CCc1ccncc1)N1CCC[C@H](n2cccn2)C1. The second-order valence-electron chi connectivity index (χ2n) is 5.48. The smallest absolute Gasteiger partial charge is 0.222 e. The summed E-state index contributed by atoms with van der Waals surface area (Å²) in [5.74, 6) is 0.240. The maximum Gasteiger partial charge on any atom is 0.222 e. The first-order valence-electron chi connectivity index (χ1n) is 7.49. The monoisotopic (exact) mass is 284 g/mol. The van der Waals surface area contributed by atoms with Crippen LogP contribution in [0.3, 0.4) is 0 Å². The Bertz CT molecular complexity index is 567. The van der Waals surface area contributed by atoms with Gasteiger partial charge in [0, 0.05) is 44.3 Å². The molecule has 2 aromatic heterocycles. The van der Waals surface area contributed by atoms with Crippen LogP contribution in [-0.4, -0.2) is 38.7 Å². The summed E-state index contributed by atoms with van der Waals surface area (Å²) in [5.41, 5.74) is 1.17. The highest BCUT2D eigenvalue weighted by atomic mass is 16.2. The summed E-state index contributed by atoms with van der Waals surface area (Å²) < 4.78 is 1.97. The number of amides is 1. The number of piperidine rings is 1. The first kappa shape index (κ1) is 13.8. The van der Waals surface area contributed by atoms with E-state index >= 15 is 0 Å². The minimum atomic E-state index is 0.240. The van der Waals surface area contributed by atoms with Gasteiger partial charge < -0.3 is 4.90 Å². The molecule has 0 unspecified atom stereocenters. The largest absolute Gasteiger partial charge is 0.341 e. The first-order chi connectivity index (χ1) is 10.3. The molecule has 5 heteroatoms. The van der Waals surface area contributed by atoms with Gasteiger partial charge in [0.25, 0.3) is 0 Å². The molecule has 3 heterocycles. The summed E-state index contributed by atoms with van der Waals surface area (Å²) in [6.07, 6.45) is 10.8. The van der Waals surface area contributed by atoms with Crippen molar-refractivity contribution in [1.29, 1.82) is 0 Å². The van der Waals surface area contributed by atoms with E-state index in [1.54, 1.807) is 18.6 Å². The molecule has 3 rings (SSSR count). The molecule has 1 fully saturated rings. The molecule has 0 bridgehead atoms. The number of carbonyl (C=O) groups is 1. The number of rotatable bonds is 4. The van der Waals surface area contributed by atoms with Gasteiger partial charge in [0.05, 0.1) is 6.04 Å². The van der Waals surface area contributed by atoms with Crippen molar-refractivity contribution in [3.8, 4) is 0 Å². The van der Waals surface area contributed by atoms with E-state index in [0.717, 1.165) is 32.4 Å². The van der Waals surface area contributed by atoms with Crippen molar-refractivity contribution in [2.24, 2.45) is 0 Å². The average Bonchev–Trinajstić information content (AvgIpc) is 3.08. The lowest BCUT2D eigenvalue weighted by Crippen LogP contribution is -2.40. The maximum atomic E-state index is 12.4. The number of likely N-dealkylation sites (tertiary alicyclic amines) is 1. The minimum Gasteiger partial charge on any atom is -0.341 e. The molecule has 0 spiro atoms. The third-order valence-electron chi connectivity index (χ3n) is 4.03. The van der Waals surface area contributed by atoms with Gasteiger partial charge >= 0.3 is 0 Å². The summed E-state index contributed by atoms with van der Waals surface area (Å²) in [4.78, 5) is 18.3. The van der Waals surface area contributed by atoms with Crippen molar-refractivity contribution in [3.05, 3.63) is 48.5 Å². The third kappa shape index (κ3) is 3.48. The van der Waals surface area contributed by atoms with Crippen LogP contribution in [0, 0.1) is 0 Å². The fourth-order valence-corrected chi connectivity index (χ4v) is 2.85. The van der Waals surface area contributed by atoms with Crippen LogP contribution in [0.25, 0.3) is 0 Å². The maximum absolute atomic E-state index is 12.4. The van der Waals surface area contributed by atoms with Crippen molar-refractivity contribution in [3.63, 3.8) is 0 Å². The molecule has 1 amide bonds. The standard InChI is InChI=1S/C16H20N4O/c21-16(5-4-14-6-9-17-10-7-14)19-11-1-3-15(13-19)20-12-2-8-18-20/h2,6-10,12,15H,1,3-5,11,13H2/t15-/m0/s1. The average molecular weight is 284 g/mol. The van der Waals surface area contributed by atoms with Crippen LogP contribution < -0.4 is 0 Å². The van der Waals surface area contributed by atoms with Crippen molar-refractivity contribution < 1.29 is 4.79 Å². The number of aryl methyl sites for hydroxylation is 1. The second-order valence-corrected chi connectivity index (χ2v) is 5.48. The van der Waals surface area contributed by atoms with Crippen LogP contribution in [0.15, 0.2) is 43.0 Å². The van der Waals surface area contributed by atoms with Gasteiger partial charge in [-0.05, 0) is 43.0 Å². The predicted octanol–water partition coefficient (Wildman–Crippen LogP) is 2.07. The lowest BCUT2D eigenvalue weighted by atomic mass is 10.0. The van der Waals surface area contributed by atoms with E-state index in [9.17, 15) is 4.79 Å². The number of hydrogen-bond donors (Lipinski definition) is 0. The molecule has 0 aliphatic carbocycles. The fourth-order valence-electron chi connectivity index (χ4n) is 2.85. The van der Waals surface area contributed by atoms with E-state index in [1.165, 1.54) is 5.56 Å². The Labute approximate surface area is 124 Å². The number of carbonyl (C=O) groups excluding carboxylic acids is 1. The van der Waals surface area contributed by atoms with Crippen LogP contribution in [0.4, 0.5) is 0 Å². The Hall–Kier alpha value is -2.17. The zero-order chi connectivity index (χ0) is 14.5. The molecule has 1 atom stereocenters. The second kappa shape index (κ2) is 6.52. The van der Waals surface area contributed by atoms with Crippen LogP contribution in [0.1, 0.15) is 30.9 Å². The van der Waals surface area contributed by atoms with E-state index in [0.29, 0.717) is 12.5 Å². The summed E-state index contributed by atoms with van der Waals surface area (Å²) in [6, 6.07) is 6.19. The summed E-state index contributed by atoms with van der Waals surface area (Å²) in [6.45, 7) is 1.64. The van der Waals surface area contributed by atoms with Crippen molar-refractivity contribution in [2.75, 3.05) is 13.1 Å². The molecule has 0 radical (unpaired) electrons. The van der Waals surface area contributed by atoms with Gasteiger partial charge in [-0.3, -0.25) is 14.5 Å². The Kier molecular flexibility index (Phi) is 4.28. The van der Waals surface area contributed by atoms with Gasteiger partial charge in [-0.2, -0.15) is 5.10 Å². The molecule has 1 aliphatic rings. The molecule has 2 aromatic rings.